The molecule has 2 aliphatic rings. The number of nitrogens with one attached hydrogen (secondary N) is 1. The van der Waals surface area contributed by atoms with Crippen LogP contribution in [0.4, 0.5) is 0 Å². The molecule has 1 amide bonds. The largest absolute Gasteiger partial charge is 0.492 e. The van der Waals surface area contributed by atoms with Gasteiger partial charge in [-0.1, -0.05) is 5.16 Å². The molecule has 1 unspecified atom stereocenters. The van der Waals surface area contributed by atoms with Gasteiger partial charge in [-0.05, 0) is 6.92 Å². The highest BCUT2D eigenvalue weighted by atomic mass is 32.1. The molecule has 15 heteroatoms. The van der Waals surface area contributed by atoms with Crippen molar-refractivity contribution in [3.8, 4) is 23.0 Å². The molecule has 0 saturated carbocycles. The van der Waals surface area contributed by atoms with Gasteiger partial charge in [-0.25, -0.2) is 15.2 Å². The lowest BCUT2D eigenvalue weighted by Gasteiger charge is -2.19. The minimum absolute atomic E-state index is 0.0543. The number of oxime groups is 1. The molecule has 0 spiro atoms. The number of methoxy groups -OCH3 is 2. The number of ether oxygens (including phenoxy) is 5. The summed E-state index contributed by atoms with van der Waals surface area (Å²) in [5.41, 5.74) is 3.05. The molecule has 3 aromatic rings. The van der Waals surface area contributed by atoms with E-state index in [2.05, 4.69) is 20.7 Å². The smallest absolute Gasteiger partial charge is 0.356 e. The van der Waals surface area contributed by atoms with E-state index in [9.17, 15) is 14.4 Å². The van der Waals surface area contributed by atoms with E-state index in [1.165, 1.54) is 36.2 Å². The Morgan fingerprint density at radius 3 is 2.77 bits per heavy atom. The van der Waals surface area contributed by atoms with E-state index < -0.39 is 18.0 Å². The first-order valence-corrected chi connectivity index (χ1v) is 12.6. The number of benzene rings is 1. The number of esters is 1. The molecule has 14 nitrogen and oxygen atoms in total. The summed E-state index contributed by atoms with van der Waals surface area (Å²) in [4.78, 5) is 47.1. The number of rotatable bonds is 9. The molecule has 0 aliphatic carbocycles. The molecule has 0 saturated heterocycles. The van der Waals surface area contributed by atoms with Crippen LogP contribution < -0.4 is 29.9 Å². The normalized spacial score (nSPS) is 15.8. The number of nitrogens with zero attached hydrogens (tertiary/aromatic N) is 4. The molecule has 0 radical (unpaired) electrons. The Bertz CT molecular complexity index is 1560. The van der Waals surface area contributed by atoms with Gasteiger partial charge in [0.1, 0.15) is 11.8 Å². The number of carbonyl (C=O) groups excluding carboxylic acids is 2. The molecule has 39 heavy (non-hydrogen) atoms. The molecule has 1 N–H and O–H groups in total. The maximum absolute atomic E-state index is 12.7. The van der Waals surface area contributed by atoms with Gasteiger partial charge in [0.2, 0.25) is 18.3 Å². The van der Waals surface area contributed by atoms with E-state index in [4.69, 9.17) is 28.5 Å². The second-order valence-electron chi connectivity index (χ2n) is 8.15. The van der Waals surface area contributed by atoms with Crippen LogP contribution in [0.2, 0.25) is 0 Å². The Hall–Kier alpha value is -4.66. The van der Waals surface area contributed by atoms with E-state index >= 15 is 0 Å². The standard InChI is InChI=1S/C24H23N5O9S/c1-4-35-23(32)16-8-12(38-28-16)7-13-14(19(34-3)21-20(18(13)33-2)36-11-37-21)10-25-27-22(31)15-9-17(30)29-5-6-39-24(29)26-15/h5-6,9-10,12H,4,7-8,11H2,1-3H3,(H,27,31). The maximum Gasteiger partial charge on any atom is 0.356 e. The number of amides is 1. The lowest BCUT2D eigenvalue weighted by Crippen LogP contribution is -2.23. The van der Waals surface area contributed by atoms with E-state index in [0.717, 1.165) is 6.07 Å². The van der Waals surface area contributed by atoms with Gasteiger partial charge >= 0.3 is 5.97 Å². The van der Waals surface area contributed by atoms with Crippen molar-refractivity contribution in [2.24, 2.45) is 10.3 Å². The van der Waals surface area contributed by atoms with E-state index in [-0.39, 0.29) is 49.0 Å². The van der Waals surface area contributed by atoms with Crippen LogP contribution in [-0.2, 0) is 20.8 Å². The molecule has 1 atom stereocenters. The summed E-state index contributed by atoms with van der Waals surface area (Å²) in [5, 5.41) is 9.64. The lowest BCUT2D eigenvalue weighted by molar-refractivity contribution is -0.135. The zero-order chi connectivity index (χ0) is 27.5. The predicted molar refractivity (Wildman–Crippen MR) is 137 cm³/mol. The monoisotopic (exact) mass is 557 g/mol. The molecule has 4 heterocycles. The quantitative estimate of drug-likeness (QED) is 0.232. The fourth-order valence-electron chi connectivity index (χ4n) is 4.16. The highest BCUT2D eigenvalue weighted by Crippen LogP contribution is 2.52. The maximum atomic E-state index is 12.7. The van der Waals surface area contributed by atoms with Crippen LogP contribution in [0.15, 0.2) is 32.7 Å². The van der Waals surface area contributed by atoms with Crippen LogP contribution in [0.3, 0.4) is 0 Å². The third-order valence-corrected chi connectivity index (χ3v) is 6.61. The molecular weight excluding hydrogens is 534 g/mol. The van der Waals surface area contributed by atoms with Crippen molar-refractivity contribution in [1.82, 2.24) is 14.8 Å². The number of carbonyl (C=O) groups is 2. The minimum atomic E-state index is -0.681. The Balaban J connectivity index is 1.45. The molecule has 2 aliphatic heterocycles. The van der Waals surface area contributed by atoms with Gasteiger partial charge in [0.15, 0.2) is 22.2 Å². The van der Waals surface area contributed by atoms with E-state index in [1.807, 2.05) is 0 Å². The Kier molecular flexibility index (Phi) is 7.31. The third-order valence-electron chi connectivity index (χ3n) is 5.85. The van der Waals surface area contributed by atoms with Crippen molar-refractivity contribution < 1.29 is 38.1 Å². The van der Waals surface area contributed by atoms with Gasteiger partial charge in [-0.15, -0.1) is 11.3 Å². The summed E-state index contributed by atoms with van der Waals surface area (Å²) in [6, 6.07) is 1.12. The van der Waals surface area contributed by atoms with Crippen molar-refractivity contribution in [2.75, 3.05) is 27.6 Å². The molecule has 0 fully saturated rings. The van der Waals surface area contributed by atoms with Gasteiger partial charge in [0.05, 0.1) is 27.0 Å². The predicted octanol–water partition coefficient (Wildman–Crippen LogP) is 1.52. The zero-order valence-corrected chi connectivity index (χ0v) is 21.9. The minimum Gasteiger partial charge on any atom is -0.492 e. The first-order chi connectivity index (χ1) is 18.9. The molecular formula is C24H23N5O9S. The van der Waals surface area contributed by atoms with Gasteiger partial charge in [-0.2, -0.15) is 5.10 Å². The fraction of sp³-hybridized carbons (Fsp3) is 0.333. The number of thiazole rings is 1. The van der Waals surface area contributed by atoms with Crippen molar-refractivity contribution in [2.45, 2.75) is 25.9 Å². The van der Waals surface area contributed by atoms with E-state index in [0.29, 0.717) is 33.3 Å². The second-order valence-corrected chi connectivity index (χ2v) is 9.02. The van der Waals surface area contributed by atoms with Gasteiger partial charge < -0.3 is 28.5 Å². The number of hydrogen-bond acceptors (Lipinski definition) is 13. The molecule has 1 aromatic carbocycles. The number of fused-ring (bicyclic) bond motifs is 2. The van der Waals surface area contributed by atoms with Crippen molar-refractivity contribution in [3.05, 3.63) is 44.8 Å². The average Bonchev–Trinajstić information content (AvgIpc) is 3.70. The number of aromatic nitrogens is 2. The van der Waals surface area contributed by atoms with Crippen LogP contribution in [-0.4, -0.2) is 66.9 Å². The van der Waals surface area contributed by atoms with Gasteiger partial charge in [-0.3, -0.25) is 14.0 Å². The molecule has 0 bridgehead atoms. The Morgan fingerprint density at radius 1 is 1.26 bits per heavy atom. The van der Waals surface area contributed by atoms with Crippen molar-refractivity contribution >= 4 is 40.1 Å². The van der Waals surface area contributed by atoms with Crippen LogP contribution in [0.25, 0.3) is 4.96 Å². The number of hydrogen-bond donors (Lipinski definition) is 1. The van der Waals surface area contributed by atoms with Gasteiger partial charge in [0, 0.05) is 41.6 Å². The Labute approximate surface area is 224 Å². The summed E-state index contributed by atoms with van der Waals surface area (Å²) in [5.74, 6) is 0.0515. The SMILES string of the molecule is CCOC(=O)C1=NOC(Cc2c(C=NNC(=O)c3cc(=O)n4ccsc4n3)c(OC)c3c(c2OC)OCO3)C1. The number of hydrazone groups is 1. The average molecular weight is 558 g/mol. The highest BCUT2D eigenvalue weighted by molar-refractivity contribution is 7.15. The highest BCUT2D eigenvalue weighted by Gasteiger charge is 2.34. The van der Waals surface area contributed by atoms with Crippen LogP contribution >= 0.6 is 11.3 Å². The van der Waals surface area contributed by atoms with Gasteiger partial charge in [0.25, 0.3) is 11.5 Å². The van der Waals surface area contributed by atoms with Crippen LogP contribution in [0.1, 0.15) is 35.0 Å². The van der Waals surface area contributed by atoms with E-state index in [1.54, 1.807) is 18.5 Å². The Morgan fingerprint density at radius 2 is 2.03 bits per heavy atom. The van der Waals surface area contributed by atoms with Crippen molar-refractivity contribution in [1.29, 1.82) is 0 Å². The summed E-state index contributed by atoms with van der Waals surface area (Å²) in [6.07, 6.45) is 2.82. The van der Waals surface area contributed by atoms with Crippen LogP contribution in [0.5, 0.6) is 23.0 Å². The molecule has 204 valence electrons. The van der Waals surface area contributed by atoms with Crippen molar-refractivity contribution in [3.63, 3.8) is 0 Å². The summed E-state index contributed by atoms with van der Waals surface area (Å²) in [6.45, 7) is 1.87. The first-order valence-electron chi connectivity index (χ1n) is 11.7. The molecule has 2 aromatic heterocycles. The lowest BCUT2D eigenvalue weighted by atomic mass is 9.96. The summed E-state index contributed by atoms with van der Waals surface area (Å²) < 4.78 is 28.9. The summed E-state index contributed by atoms with van der Waals surface area (Å²) >= 11 is 1.22. The fourth-order valence-corrected chi connectivity index (χ4v) is 4.88. The summed E-state index contributed by atoms with van der Waals surface area (Å²) in [7, 11) is 2.92. The zero-order valence-electron chi connectivity index (χ0n) is 21.1. The second kappa shape index (κ2) is 11.0. The third kappa shape index (κ3) is 4.95. The van der Waals surface area contributed by atoms with Crippen LogP contribution in [0, 0.1) is 0 Å². The topological polar surface area (TPSA) is 161 Å². The molecule has 5 rings (SSSR count). The first kappa shape index (κ1) is 26.0.